The first-order valence-electron chi connectivity index (χ1n) is 10.8. The van der Waals surface area contributed by atoms with E-state index in [4.69, 9.17) is 10.6 Å². The highest BCUT2D eigenvalue weighted by Crippen LogP contribution is 2.41. The lowest BCUT2D eigenvalue weighted by atomic mass is 10.0. The van der Waals surface area contributed by atoms with Gasteiger partial charge in [0, 0.05) is 23.9 Å². The number of carbonyl (C=O) groups is 3. The maximum Gasteiger partial charge on any atom is 0.352 e. The van der Waals surface area contributed by atoms with Gasteiger partial charge in [0.1, 0.15) is 34.9 Å². The first-order valence-corrected chi connectivity index (χ1v) is 13.7. The number of amides is 2. The van der Waals surface area contributed by atoms with Gasteiger partial charge in [-0.15, -0.1) is 37.9 Å². The first kappa shape index (κ1) is 25.7. The van der Waals surface area contributed by atoms with E-state index in [2.05, 4.69) is 41.4 Å². The molecule has 16 nitrogen and oxygen atoms in total. The van der Waals surface area contributed by atoms with Gasteiger partial charge in [0.25, 0.3) is 11.8 Å². The maximum absolute atomic E-state index is 13.0. The quantitative estimate of drug-likeness (QED) is 0.109. The lowest BCUT2D eigenvalue weighted by Crippen LogP contribution is -2.71. The van der Waals surface area contributed by atoms with Gasteiger partial charge in [0.05, 0.1) is 5.69 Å². The van der Waals surface area contributed by atoms with E-state index in [9.17, 15) is 19.5 Å². The molecule has 3 aromatic rings. The molecule has 2 aliphatic rings. The Morgan fingerprint density at radius 2 is 2.24 bits per heavy atom. The van der Waals surface area contributed by atoms with Gasteiger partial charge in [-0.3, -0.25) is 14.5 Å². The second-order valence-electron chi connectivity index (χ2n) is 7.74. The molecule has 5 N–H and O–H groups in total. The molecular weight excluding hydrogens is 558 g/mol. The van der Waals surface area contributed by atoms with E-state index in [-0.39, 0.29) is 28.0 Å². The molecule has 0 spiro atoms. The molecule has 0 radical (unpaired) electrons. The molecule has 1 saturated heterocycles. The number of hydrogen-bond acceptors (Lipinski definition) is 15. The third kappa shape index (κ3) is 4.58. The highest BCUT2D eigenvalue weighted by molar-refractivity contribution is 8.01. The van der Waals surface area contributed by atoms with Gasteiger partial charge in [0.15, 0.2) is 10.8 Å². The molecule has 0 aromatic carbocycles. The Labute approximate surface area is 226 Å². The third-order valence-corrected chi connectivity index (χ3v) is 8.52. The summed E-state index contributed by atoms with van der Waals surface area (Å²) in [5, 5.41) is 36.7. The highest BCUT2D eigenvalue weighted by atomic mass is 32.2. The van der Waals surface area contributed by atoms with Gasteiger partial charge >= 0.3 is 5.97 Å². The van der Waals surface area contributed by atoms with Crippen molar-refractivity contribution in [1.29, 1.82) is 0 Å². The number of nitrogen functional groups attached to an aromatic ring is 1. The molecule has 19 heteroatoms. The van der Waals surface area contributed by atoms with Gasteiger partial charge in [-0.1, -0.05) is 16.9 Å². The van der Waals surface area contributed by atoms with Crippen LogP contribution in [0.5, 0.6) is 0 Å². The molecule has 3 aromatic heterocycles. The van der Waals surface area contributed by atoms with Crippen molar-refractivity contribution in [3.8, 4) is 0 Å². The van der Waals surface area contributed by atoms with Crippen LogP contribution in [0.25, 0.3) is 5.65 Å². The first-order chi connectivity index (χ1) is 18.3. The monoisotopic (exact) mass is 577 g/mol. The van der Waals surface area contributed by atoms with Crippen LogP contribution in [0.2, 0.25) is 0 Å². The molecule has 2 aliphatic heterocycles. The van der Waals surface area contributed by atoms with Crippen LogP contribution in [-0.4, -0.2) is 101 Å². The van der Waals surface area contributed by atoms with Crippen LogP contribution in [0.3, 0.4) is 0 Å². The summed E-state index contributed by atoms with van der Waals surface area (Å²) in [5.41, 5.74) is 7.26. The number of tetrazole rings is 1. The number of nitrogens with zero attached hydrogens (tertiary/aromatic N) is 8. The zero-order valence-corrected chi connectivity index (χ0v) is 22.1. The average molecular weight is 578 g/mol. The number of thiazole rings is 1. The standard InChI is InChI=1S/C19H19N11O5S3/c1-21-8-3-10(25-30-14(8)24-27-28-30)36-4-7-5-37-17-12(16(32)29(17)13(7)18(33)34)23-15(31)11(26-35-2)9-6-38-19(20)22-9/h3,6,12,17,21H,4-5H2,1-2H3,(H2,20,22)(H,23,31)(H,33,34)/t12?,17-/m0/s1. The molecule has 2 atom stereocenters. The fraction of sp³-hybridized carbons (Fsp3) is 0.316. The summed E-state index contributed by atoms with van der Waals surface area (Å²) in [7, 11) is 3.00. The van der Waals surface area contributed by atoms with Crippen LogP contribution in [0.4, 0.5) is 10.8 Å². The SMILES string of the molecule is CNc1cc(SCC2=C(C(=O)O)N3C(=O)C(NC(=O)C(=NOC)c4csc(N)n4)[C@@H]3SC2)nn2nnnc12. The Kier molecular flexibility index (Phi) is 7.04. The lowest BCUT2D eigenvalue weighted by Gasteiger charge is -2.49. The summed E-state index contributed by atoms with van der Waals surface area (Å²) in [5.74, 6) is -1.87. The number of carboxylic acid groups (broad SMARTS) is 1. The van der Waals surface area contributed by atoms with E-state index < -0.39 is 29.2 Å². The molecule has 38 heavy (non-hydrogen) atoms. The molecule has 1 fully saturated rings. The minimum atomic E-state index is -1.23. The van der Waals surface area contributed by atoms with Gasteiger partial charge in [0.2, 0.25) is 5.65 Å². The zero-order valence-electron chi connectivity index (χ0n) is 19.7. The largest absolute Gasteiger partial charge is 0.477 e. The Morgan fingerprint density at radius 1 is 1.42 bits per heavy atom. The molecule has 1 unspecified atom stereocenters. The second-order valence-corrected chi connectivity index (χ2v) is 10.7. The molecule has 5 heterocycles. The molecule has 0 bridgehead atoms. The summed E-state index contributed by atoms with van der Waals surface area (Å²) in [6.07, 6.45) is 0. The fourth-order valence-electron chi connectivity index (χ4n) is 3.83. The number of rotatable bonds is 9. The average Bonchev–Trinajstić information content (AvgIpc) is 3.56. The zero-order chi connectivity index (χ0) is 27.0. The summed E-state index contributed by atoms with van der Waals surface area (Å²) >= 11 is 3.76. The van der Waals surface area contributed by atoms with E-state index in [0.29, 0.717) is 27.7 Å². The van der Waals surface area contributed by atoms with Crippen molar-refractivity contribution in [1.82, 2.24) is 40.5 Å². The number of nitrogens with two attached hydrogens (primary N) is 1. The number of anilines is 2. The molecule has 2 amide bonds. The number of β-lactam (4-membered cyclic amide) rings is 1. The summed E-state index contributed by atoms with van der Waals surface area (Å²) in [6, 6.07) is 0.808. The number of thioether (sulfide) groups is 2. The maximum atomic E-state index is 13.0. The van der Waals surface area contributed by atoms with E-state index in [0.717, 1.165) is 11.3 Å². The molecule has 198 valence electrons. The minimum absolute atomic E-state index is 0.104. The van der Waals surface area contributed by atoms with Gasteiger partial charge < -0.3 is 26.3 Å². The van der Waals surface area contributed by atoms with Crippen molar-refractivity contribution in [3.63, 3.8) is 0 Å². The van der Waals surface area contributed by atoms with Crippen LogP contribution < -0.4 is 16.4 Å². The Hall–Kier alpha value is -3.97. The smallest absolute Gasteiger partial charge is 0.352 e. The van der Waals surface area contributed by atoms with Gasteiger partial charge in [-0.25, -0.2) is 9.78 Å². The normalized spacial score (nSPS) is 19.3. The highest BCUT2D eigenvalue weighted by Gasteiger charge is 2.54. The number of oxime groups is 1. The van der Waals surface area contributed by atoms with Crippen molar-refractivity contribution in [2.75, 3.05) is 36.7 Å². The predicted octanol–water partition coefficient (Wildman–Crippen LogP) is -0.519. The van der Waals surface area contributed by atoms with Gasteiger partial charge in [-0.05, 0) is 22.1 Å². The Bertz CT molecular complexity index is 1500. The van der Waals surface area contributed by atoms with Crippen molar-refractivity contribution in [2.24, 2.45) is 5.16 Å². The molecular formula is C19H19N11O5S3. The number of aliphatic carboxylic acids is 1. The van der Waals surface area contributed by atoms with Crippen LogP contribution in [0.1, 0.15) is 5.69 Å². The summed E-state index contributed by atoms with van der Waals surface area (Å²) < 4.78 is 1.28. The Morgan fingerprint density at radius 3 is 2.92 bits per heavy atom. The third-order valence-electron chi connectivity index (χ3n) is 5.52. The summed E-state index contributed by atoms with van der Waals surface area (Å²) in [6.45, 7) is 0. The number of nitrogens with one attached hydrogen (secondary N) is 2. The van der Waals surface area contributed by atoms with E-state index in [1.807, 2.05) is 0 Å². The van der Waals surface area contributed by atoms with Crippen molar-refractivity contribution < 1.29 is 24.3 Å². The molecule has 5 rings (SSSR count). The lowest BCUT2D eigenvalue weighted by molar-refractivity contribution is -0.150. The Balaban J connectivity index is 1.32. The number of hydrogen-bond donors (Lipinski definition) is 4. The number of fused-ring (bicyclic) bond motifs is 2. The van der Waals surface area contributed by atoms with Crippen LogP contribution >= 0.6 is 34.9 Å². The molecule has 0 aliphatic carbocycles. The van der Waals surface area contributed by atoms with Crippen LogP contribution in [-0.2, 0) is 19.2 Å². The van der Waals surface area contributed by atoms with E-state index >= 15 is 0 Å². The van der Waals surface area contributed by atoms with E-state index in [1.54, 1.807) is 13.1 Å². The summed E-state index contributed by atoms with van der Waals surface area (Å²) in [4.78, 5) is 48.1. The van der Waals surface area contributed by atoms with Crippen molar-refractivity contribution in [3.05, 3.63) is 28.4 Å². The molecule has 0 saturated carbocycles. The number of carbonyl (C=O) groups excluding carboxylic acids is 2. The number of carboxylic acids is 1. The minimum Gasteiger partial charge on any atom is -0.477 e. The predicted molar refractivity (Wildman–Crippen MR) is 139 cm³/mol. The fourth-order valence-corrected chi connectivity index (χ4v) is 6.75. The topological polar surface area (TPSA) is 215 Å². The second kappa shape index (κ2) is 10.4. The van der Waals surface area contributed by atoms with Crippen LogP contribution in [0, 0.1) is 0 Å². The van der Waals surface area contributed by atoms with Crippen molar-refractivity contribution in [2.45, 2.75) is 16.4 Å². The van der Waals surface area contributed by atoms with Crippen LogP contribution in [0.15, 0.2) is 32.9 Å². The van der Waals surface area contributed by atoms with Gasteiger partial charge in [-0.2, -0.15) is 0 Å². The van der Waals surface area contributed by atoms with E-state index in [1.165, 1.54) is 45.5 Å². The van der Waals surface area contributed by atoms with Crippen molar-refractivity contribution >= 4 is 74.8 Å². The number of aromatic nitrogens is 6.